The highest BCUT2D eigenvalue weighted by Gasteiger charge is 2.04. The molecule has 2 aromatic rings. The molecule has 2 N–H and O–H groups in total. The van der Waals surface area contributed by atoms with Gasteiger partial charge in [-0.3, -0.25) is 5.10 Å². The van der Waals surface area contributed by atoms with E-state index >= 15 is 0 Å². The van der Waals surface area contributed by atoms with Gasteiger partial charge in [-0.05, 0) is 13.0 Å². The van der Waals surface area contributed by atoms with E-state index in [1.165, 1.54) is 0 Å². The first-order chi connectivity index (χ1) is 5.27. The van der Waals surface area contributed by atoms with Gasteiger partial charge in [-0.2, -0.15) is 0 Å². The maximum Gasteiger partial charge on any atom is 0.241 e. The zero-order chi connectivity index (χ0) is 7.84. The molecule has 5 nitrogen and oxygen atoms in total. The van der Waals surface area contributed by atoms with E-state index in [2.05, 4.69) is 20.4 Å². The molecule has 2 heterocycles. The van der Waals surface area contributed by atoms with Crippen molar-refractivity contribution in [1.29, 1.82) is 0 Å². The number of aromatic hydroxyl groups is 1. The van der Waals surface area contributed by atoms with Crippen LogP contribution in [-0.2, 0) is 0 Å². The summed E-state index contributed by atoms with van der Waals surface area (Å²) < 4.78 is 0. The van der Waals surface area contributed by atoms with E-state index in [1.807, 2.05) is 0 Å². The third kappa shape index (κ3) is 0.813. The van der Waals surface area contributed by atoms with E-state index in [4.69, 9.17) is 0 Å². The molecule has 0 aliphatic rings. The predicted octanol–water partition coefficient (Wildman–Crippen LogP) is 0.367. The number of rotatable bonds is 0. The van der Waals surface area contributed by atoms with Crippen LogP contribution in [0, 0.1) is 6.92 Å². The van der Waals surface area contributed by atoms with Gasteiger partial charge in [0.15, 0.2) is 5.52 Å². The van der Waals surface area contributed by atoms with Crippen molar-refractivity contribution in [2.24, 2.45) is 0 Å². The number of pyridine rings is 1. The highest BCUT2D eigenvalue weighted by Crippen LogP contribution is 2.17. The fourth-order valence-corrected chi connectivity index (χ4v) is 0.963. The molecular formula is C6H6N4O. The second-order valence-electron chi connectivity index (χ2n) is 2.30. The number of aromatic amines is 1. The van der Waals surface area contributed by atoms with Crippen LogP contribution < -0.4 is 0 Å². The van der Waals surface area contributed by atoms with E-state index in [0.29, 0.717) is 11.0 Å². The summed E-state index contributed by atoms with van der Waals surface area (Å²) in [6.07, 6.45) is 0. The smallest absolute Gasteiger partial charge is 0.241 e. The van der Waals surface area contributed by atoms with Crippen molar-refractivity contribution in [2.75, 3.05) is 0 Å². The zero-order valence-electron chi connectivity index (χ0n) is 5.87. The van der Waals surface area contributed by atoms with E-state index < -0.39 is 0 Å². The Labute approximate surface area is 62.1 Å². The molecule has 0 fully saturated rings. The molecule has 0 saturated heterocycles. The van der Waals surface area contributed by atoms with Gasteiger partial charge in [0.25, 0.3) is 0 Å². The summed E-state index contributed by atoms with van der Waals surface area (Å²) in [6, 6.07) is 1.77. The monoisotopic (exact) mass is 150 g/mol. The zero-order valence-corrected chi connectivity index (χ0v) is 5.87. The molecule has 2 aromatic heterocycles. The lowest BCUT2D eigenvalue weighted by atomic mass is 10.3. The fraction of sp³-hybridized carbons (Fsp3) is 0.167. The lowest BCUT2D eigenvalue weighted by Crippen LogP contribution is -1.81. The number of hydrogen-bond acceptors (Lipinski definition) is 4. The molecule has 0 spiro atoms. The summed E-state index contributed by atoms with van der Waals surface area (Å²) in [5.41, 5.74) is 1.85. The molecule has 0 unspecified atom stereocenters. The molecule has 56 valence electrons. The summed E-state index contributed by atoms with van der Waals surface area (Å²) in [4.78, 5) is 3.81. The van der Waals surface area contributed by atoms with Crippen LogP contribution >= 0.6 is 0 Å². The molecule has 0 atom stereocenters. The van der Waals surface area contributed by atoms with Gasteiger partial charge in [-0.1, -0.05) is 5.21 Å². The van der Waals surface area contributed by atoms with Gasteiger partial charge in [-0.25, -0.2) is 4.98 Å². The van der Waals surface area contributed by atoms with Crippen molar-refractivity contribution in [3.63, 3.8) is 0 Å². The second-order valence-corrected chi connectivity index (χ2v) is 2.30. The molecule has 0 amide bonds. The van der Waals surface area contributed by atoms with Gasteiger partial charge in [0.05, 0.1) is 5.52 Å². The van der Waals surface area contributed by atoms with Crippen molar-refractivity contribution < 1.29 is 5.11 Å². The Kier molecular flexibility index (Phi) is 1.06. The van der Waals surface area contributed by atoms with Crippen LogP contribution in [-0.4, -0.2) is 25.5 Å². The lowest BCUT2D eigenvalue weighted by molar-refractivity contribution is 0.457. The van der Waals surface area contributed by atoms with E-state index in [0.717, 1.165) is 5.69 Å². The molecule has 5 heteroatoms. The van der Waals surface area contributed by atoms with Crippen LogP contribution in [0.1, 0.15) is 5.69 Å². The lowest BCUT2D eigenvalue weighted by Gasteiger charge is -1.92. The van der Waals surface area contributed by atoms with Gasteiger partial charge in [0, 0.05) is 5.69 Å². The van der Waals surface area contributed by atoms with Gasteiger partial charge >= 0.3 is 0 Å². The minimum atomic E-state index is -0.0752. The Morgan fingerprint density at radius 2 is 2.36 bits per heavy atom. The first-order valence-corrected chi connectivity index (χ1v) is 3.15. The van der Waals surface area contributed by atoms with Crippen LogP contribution in [0.2, 0.25) is 0 Å². The van der Waals surface area contributed by atoms with Crippen molar-refractivity contribution in [2.45, 2.75) is 6.92 Å². The molecule has 0 aliphatic heterocycles. The Balaban J connectivity index is 2.91. The molecule has 11 heavy (non-hydrogen) atoms. The number of hydrogen-bond donors (Lipinski definition) is 2. The SMILES string of the molecule is Cc1cc2[nH]nnc2c(O)n1. The van der Waals surface area contributed by atoms with Crippen molar-refractivity contribution in [3.05, 3.63) is 11.8 Å². The van der Waals surface area contributed by atoms with Crippen LogP contribution in [0.4, 0.5) is 0 Å². The normalized spacial score (nSPS) is 10.6. The first kappa shape index (κ1) is 6.09. The van der Waals surface area contributed by atoms with Crippen LogP contribution in [0.25, 0.3) is 11.0 Å². The van der Waals surface area contributed by atoms with Gasteiger partial charge in [-0.15, -0.1) is 5.10 Å². The number of fused-ring (bicyclic) bond motifs is 1. The topological polar surface area (TPSA) is 74.7 Å². The predicted molar refractivity (Wildman–Crippen MR) is 38.1 cm³/mol. The van der Waals surface area contributed by atoms with Crippen LogP contribution in [0.3, 0.4) is 0 Å². The standard InChI is InChI=1S/C6H6N4O/c1-3-2-4-5(6(11)7-3)9-10-8-4/h2H,1H3,(H,7,11)(H,8,9,10). The number of nitrogens with one attached hydrogen (secondary N) is 1. The van der Waals surface area contributed by atoms with E-state index in [1.54, 1.807) is 13.0 Å². The molecule has 0 bridgehead atoms. The molecule has 2 rings (SSSR count). The van der Waals surface area contributed by atoms with Crippen LogP contribution in [0.5, 0.6) is 5.88 Å². The van der Waals surface area contributed by atoms with Gasteiger partial charge in [0.1, 0.15) is 0 Å². The largest absolute Gasteiger partial charge is 0.492 e. The van der Waals surface area contributed by atoms with Crippen LogP contribution in [0.15, 0.2) is 6.07 Å². The molecule has 0 radical (unpaired) electrons. The first-order valence-electron chi connectivity index (χ1n) is 3.15. The average Bonchev–Trinajstić information content (AvgIpc) is 2.34. The quantitative estimate of drug-likeness (QED) is 0.568. The third-order valence-electron chi connectivity index (χ3n) is 1.42. The summed E-state index contributed by atoms with van der Waals surface area (Å²) in [5.74, 6) is -0.0752. The maximum atomic E-state index is 9.21. The summed E-state index contributed by atoms with van der Waals surface area (Å²) in [6.45, 7) is 1.79. The third-order valence-corrected chi connectivity index (χ3v) is 1.42. The minimum absolute atomic E-state index is 0.0752. The number of aromatic nitrogens is 4. The molecule has 0 aromatic carbocycles. The summed E-state index contributed by atoms with van der Waals surface area (Å²) in [5, 5.41) is 19.0. The highest BCUT2D eigenvalue weighted by molar-refractivity contribution is 5.78. The van der Waals surface area contributed by atoms with Crippen molar-refractivity contribution >= 4 is 11.0 Å². The number of aryl methyl sites for hydroxylation is 1. The maximum absolute atomic E-state index is 9.21. The molecule has 0 aliphatic carbocycles. The Bertz CT molecular complexity index is 394. The summed E-state index contributed by atoms with van der Waals surface area (Å²) in [7, 11) is 0. The average molecular weight is 150 g/mol. The highest BCUT2D eigenvalue weighted by atomic mass is 16.3. The Morgan fingerprint density at radius 1 is 1.55 bits per heavy atom. The molecule has 0 saturated carbocycles. The van der Waals surface area contributed by atoms with E-state index in [-0.39, 0.29) is 5.88 Å². The minimum Gasteiger partial charge on any atom is -0.492 e. The Hall–Kier alpha value is -1.65. The van der Waals surface area contributed by atoms with Gasteiger partial charge in [0.2, 0.25) is 5.88 Å². The second kappa shape index (κ2) is 1.91. The fourth-order valence-electron chi connectivity index (χ4n) is 0.963. The van der Waals surface area contributed by atoms with E-state index in [9.17, 15) is 5.11 Å². The Morgan fingerprint density at radius 3 is 3.18 bits per heavy atom. The van der Waals surface area contributed by atoms with Crippen molar-refractivity contribution in [3.8, 4) is 5.88 Å². The summed E-state index contributed by atoms with van der Waals surface area (Å²) >= 11 is 0. The van der Waals surface area contributed by atoms with Crippen molar-refractivity contribution in [1.82, 2.24) is 20.4 Å². The number of nitrogens with zero attached hydrogens (tertiary/aromatic N) is 3. The molecular weight excluding hydrogens is 144 g/mol. The number of H-pyrrole nitrogens is 1. The van der Waals surface area contributed by atoms with Gasteiger partial charge < -0.3 is 5.11 Å².